The van der Waals surface area contributed by atoms with Crippen LogP contribution in [-0.2, 0) is 30.3 Å². The third kappa shape index (κ3) is 5.42. The third-order valence-electron chi connectivity index (χ3n) is 8.68. The largest absolute Gasteiger partial charge is 0.519 e. The molecule has 14 nitrogen and oxygen atoms in total. The number of terminal acetylenes is 1. The molecule has 15 heteroatoms. The van der Waals surface area contributed by atoms with Gasteiger partial charge in [0.25, 0.3) is 0 Å². The van der Waals surface area contributed by atoms with Gasteiger partial charge in [-0.05, 0) is 38.0 Å². The van der Waals surface area contributed by atoms with Gasteiger partial charge in [0.2, 0.25) is 5.60 Å². The number of anilines is 1. The Morgan fingerprint density at radius 1 is 1.21 bits per heavy atom. The standard InChI is InChI=1S/C28H30FN5O9/c1-3-28(13-39-25(36)38-12-17-15(2)40-26(37)41-17)18(42-23(35)16-10-27(11-16)7-5-4-6-8-27)9-19(43-28)34-14-31-20-21(30)32-24(29)33-22(20)34/h1,14,16,18-19H,4-13H2,2H3,(H2,30,32,33)/t18-,19+,28+/m0/s1. The molecule has 43 heavy (non-hydrogen) atoms. The van der Waals surface area contributed by atoms with E-state index in [1.165, 1.54) is 24.2 Å². The van der Waals surface area contributed by atoms with Crippen molar-refractivity contribution in [1.29, 1.82) is 0 Å². The van der Waals surface area contributed by atoms with Crippen LogP contribution in [0.2, 0.25) is 0 Å². The van der Waals surface area contributed by atoms with Crippen LogP contribution < -0.4 is 11.6 Å². The first-order chi connectivity index (χ1) is 20.6. The number of rotatable bonds is 7. The number of nitrogens with two attached hydrogens (primary N) is 1. The van der Waals surface area contributed by atoms with Crippen molar-refractivity contribution in [3.8, 4) is 12.3 Å². The van der Waals surface area contributed by atoms with Gasteiger partial charge in [-0.1, -0.05) is 25.2 Å². The van der Waals surface area contributed by atoms with Crippen LogP contribution in [0, 0.1) is 36.7 Å². The summed E-state index contributed by atoms with van der Waals surface area (Å²) < 4.78 is 47.5. The van der Waals surface area contributed by atoms with E-state index in [2.05, 4.69) is 20.9 Å². The maximum Gasteiger partial charge on any atom is 0.519 e. The maximum atomic E-state index is 14.0. The number of hydrogen-bond donors (Lipinski definition) is 1. The van der Waals surface area contributed by atoms with Crippen LogP contribution >= 0.6 is 0 Å². The molecule has 2 N–H and O–H groups in total. The summed E-state index contributed by atoms with van der Waals surface area (Å²) in [6.07, 6.45) is 10.3. The maximum absolute atomic E-state index is 14.0. The molecule has 1 aliphatic heterocycles. The molecule has 3 atom stereocenters. The Bertz CT molecular complexity index is 1640. The first-order valence-corrected chi connectivity index (χ1v) is 14.0. The highest BCUT2D eigenvalue weighted by Crippen LogP contribution is 2.55. The van der Waals surface area contributed by atoms with Crippen molar-refractivity contribution in [1.82, 2.24) is 19.5 Å². The van der Waals surface area contributed by atoms with E-state index in [4.69, 9.17) is 39.9 Å². The number of imidazole rings is 1. The predicted octanol–water partition coefficient (Wildman–Crippen LogP) is 3.32. The molecule has 0 bridgehead atoms. The molecular formula is C28H30FN5O9. The van der Waals surface area contributed by atoms with Crippen LogP contribution in [0.1, 0.15) is 69.1 Å². The number of halogens is 1. The molecule has 1 saturated heterocycles. The molecule has 3 aromatic heterocycles. The van der Waals surface area contributed by atoms with Gasteiger partial charge >= 0.3 is 24.0 Å². The van der Waals surface area contributed by atoms with E-state index < -0.39 is 55.2 Å². The number of carbonyl (C=O) groups excluding carboxylic acids is 2. The van der Waals surface area contributed by atoms with Gasteiger partial charge < -0.3 is 33.5 Å². The zero-order valence-corrected chi connectivity index (χ0v) is 23.4. The number of nitrogen functional groups attached to an aromatic ring is 1. The number of fused-ring (bicyclic) bond motifs is 1. The van der Waals surface area contributed by atoms with Crippen LogP contribution in [0.4, 0.5) is 15.0 Å². The van der Waals surface area contributed by atoms with Gasteiger partial charge in [-0.25, -0.2) is 14.6 Å². The molecule has 3 aliphatic rings. The summed E-state index contributed by atoms with van der Waals surface area (Å²) in [4.78, 5) is 48.5. The molecular weight excluding hydrogens is 569 g/mol. The molecule has 2 aliphatic carbocycles. The van der Waals surface area contributed by atoms with Gasteiger partial charge in [-0.15, -0.1) is 6.42 Å². The van der Waals surface area contributed by atoms with E-state index >= 15 is 0 Å². The van der Waals surface area contributed by atoms with Crippen LogP contribution in [0.25, 0.3) is 11.2 Å². The van der Waals surface area contributed by atoms with E-state index in [0.29, 0.717) is 0 Å². The van der Waals surface area contributed by atoms with Gasteiger partial charge in [-0.3, -0.25) is 9.36 Å². The van der Waals surface area contributed by atoms with E-state index in [1.54, 1.807) is 0 Å². The SMILES string of the molecule is C#C[C@]1(COC(=O)OCc2oc(=O)oc2C)O[C@@H](n2cnc3c(N)nc(F)nc32)C[C@@H]1OC(=O)C1CC2(CCCCC2)C1. The molecule has 3 aromatic rings. The van der Waals surface area contributed by atoms with Crippen molar-refractivity contribution < 1.29 is 41.8 Å². The van der Waals surface area contributed by atoms with Crippen molar-refractivity contribution in [3.63, 3.8) is 0 Å². The molecule has 0 radical (unpaired) electrons. The summed E-state index contributed by atoms with van der Waals surface area (Å²) in [5.74, 6) is 0.859. The van der Waals surface area contributed by atoms with Crippen molar-refractivity contribution in [2.24, 2.45) is 11.3 Å². The summed E-state index contributed by atoms with van der Waals surface area (Å²) >= 11 is 0. The quantitative estimate of drug-likeness (QED) is 0.237. The number of ether oxygens (including phenoxy) is 4. The lowest BCUT2D eigenvalue weighted by molar-refractivity contribution is -0.173. The van der Waals surface area contributed by atoms with Crippen LogP contribution in [0.5, 0.6) is 0 Å². The molecule has 0 unspecified atom stereocenters. The fourth-order valence-electron chi connectivity index (χ4n) is 6.41. The van der Waals surface area contributed by atoms with E-state index in [-0.39, 0.29) is 46.3 Å². The van der Waals surface area contributed by atoms with Crippen molar-refractivity contribution in [3.05, 3.63) is 34.5 Å². The molecule has 1 spiro atoms. The first kappa shape index (κ1) is 28.7. The first-order valence-electron chi connectivity index (χ1n) is 14.0. The number of carbonyl (C=O) groups is 2. The minimum absolute atomic E-state index is 0.00863. The Morgan fingerprint density at radius 3 is 2.67 bits per heavy atom. The Morgan fingerprint density at radius 2 is 1.98 bits per heavy atom. The number of hydrogen-bond acceptors (Lipinski definition) is 13. The second kappa shape index (κ2) is 11.0. The number of aromatic nitrogens is 4. The number of aryl methyl sites for hydroxylation is 1. The van der Waals surface area contributed by atoms with Crippen molar-refractivity contribution >= 4 is 29.1 Å². The highest BCUT2D eigenvalue weighted by molar-refractivity contribution is 5.81. The highest BCUT2D eigenvalue weighted by Gasteiger charge is 2.55. The minimum Gasteiger partial charge on any atom is -0.458 e. The van der Waals surface area contributed by atoms with Crippen LogP contribution in [0.3, 0.4) is 0 Å². The van der Waals surface area contributed by atoms with Crippen LogP contribution in [-0.4, -0.2) is 50.0 Å². The van der Waals surface area contributed by atoms with Gasteiger partial charge in [0.1, 0.15) is 18.9 Å². The van der Waals surface area contributed by atoms with Crippen molar-refractivity contribution in [2.75, 3.05) is 12.3 Å². The number of nitrogens with zero attached hydrogens (tertiary/aromatic N) is 4. The van der Waals surface area contributed by atoms with Gasteiger partial charge in [0.15, 0.2) is 35.1 Å². The Balaban J connectivity index is 1.20. The minimum atomic E-state index is -1.74. The normalized spacial score (nSPS) is 24.9. The van der Waals surface area contributed by atoms with Gasteiger partial charge in [-0.2, -0.15) is 14.4 Å². The lowest BCUT2D eigenvalue weighted by Gasteiger charge is -2.49. The van der Waals surface area contributed by atoms with E-state index in [9.17, 15) is 18.8 Å². The summed E-state index contributed by atoms with van der Waals surface area (Å²) in [6, 6.07) is 0. The molecule has 0 amide bonds. The summed E-state index contributed by atoms with van der Waals surface area (Å²) in [5, 5.41) is 0. The molecule has 0 aromatic carbocycles. The number of esters is 1. The topological polar surface area (TPSA) is 184 Å². The fraction of sp³-hybridized carbons (Fsp3) is 0.571. The Labute approximate surface area is 244 Å². The van der Waals surface area contributed by atoms with E-state index in [1.807, 2.05) is 0 Å². The lowest BCUT2D eigenvalue weighted by atomic mass is 9.56. The molecule has 228 valence electrons. The Kier molecular flexibility index (Phi) is 7.33. The van der Waals surface area contributed by atoms with Crippen molar-refractivity contribution in [2.45, 2.75) is 82.8 Å². The molecule has 2 saturated carbocycles. The zero-order chi connectivity index (χ0) is 30.4. The van der Waals surface area contributed by atoms with Crippen LogP contribution in [0.15, 0.2) is 20.0 Å². The van der Waals surface area contributed by atoms with Gasteiger partial charge in [0, 0.05) is 6.42 Å². The zero-order valence-electron chi connectivity index (χ0n) is 23.4. The molecule has 6 rings (SSSR count). The third-order valence-corrected chi connectivity index (χ3v) is 8.68. The average Bonchev–Trinajstić information content (AvgIpc) is 3.64. The Hall–Kier alpha value is -4.45. The van der Waals surface area contributed by atoms with E-state index in [0.717, 1.165) is 38.5 Å². The van der Waals surface area contributed by atoms with Gasteiger partial charge in [0.05, 0.1) is 12.2 Å². The second-order valence-electron chi connectivity index (χ2n) is 11.4. The predicted molar refractivity (Wildman–Crippen MR) is 142 cm³/mol. The monoisotopic (exact) mass is 599 g/mol. The summed E-state index contributed by atoms with van der Waals surface area (Å²) in [6.45, 7) is 0.479. The highest BCUT2D eigenvalue weighted by atomic mass is 19.1. The fourth-order valence-corrected chi connectivity index (χ4v) is 6.41. The second-order valence-corrected chi connectivity index (χ2v) is 11.4. The molecule has 3 fully saturated rings. The smallest absolute Gasteiger partial charge is 0.458 e. The summed E-state index contributed by atoms with van der Waals surface area (Å²) in [7, 11) is 0. The average molecular weight is 600 g/mol. The summed E-state index contributed by atoms with van der Waals surface area (Å²) in [5.41, 5.74) is 4.45. The molecule has 4 heterocycles. The lowest BCUT2D eigenvalue weighted by Crippen LogP contribution is -2.48.